The van der Waals surface area contributed by atoms with Gasteiger partial charge in [-0.25, -0.2) is 0 Å². The lowest BCUT2D eigenvalue weighted by Crippen LogP contribution is -2.47. The van der Waals surface area contributed by atoms with Crippen molar-refractivity contribution in [2.75, 3.05) is 0 Å². The molecule has 1 heterocycles. The molecule has 3 rings (SSSR count). The molecule has 132 valence electrons. The molecule has 4 nitrogen and oxygen atoms in total. The first-order chi connectivity index (χ1) is 12.1. The molecule has 0 fully saturated rings. The van der Waals surface area contributed by atoms with E-state index >= 15 is 0 Å². The zero-order valence-electron chi connectivity index (χ0n) is 14.9. The second kappa shape index (κ2) is 8.28. The number of hydrogen-bond donors (Lipinski definition) is 2. The number of amides is 1. The minimum atomic E-state index is -0.164. The topological polar surface area (TPSA) is 50.4 Å². The summed E-state index contributed by atoms with van der Waals surface area (Å²) < 4.78 is 5.64. The molecule has 2 aromatic carbocycles. The van der Waals surface area contributed by atoms with E-state index in [0.29, 0.717) is 13.2 Å². The maximum absolute atomic E-state index is 12.5. The van der Waals surface area contributed by atoms with Crippen LogP contribution in [0.5, 0.6) is 0 Å². The summed E-state index contributed by atoms with van der Waals surface area (Å²) >= 11 is 0. The summed E-state index contributed by atoms with van der Waals surface area (Å²) in [5.41, 5.74) is 4.76. The molecule has 0 radical (unpaired) electrons. The van der Waals surface area contributed by atoms with E-state index in [1.54, 1.807) is 0 Å². The first-order valence-electron chi connectivity index (χ1n) is 8.89. The molecular formula is C21H26N2O2. The number of ether oxygens (including phenoxy) is 1. The van der Waals surface area contributed by atoms with E-state index in [2.05, 4.69) is 28.8 Å². The minimum absolute atomic E-state index is 0.0540. The Labute approximate surface area is 149 Å². The molecule has 25 heavy (non-hydrogen) atoms. The van der Waals surface area contributed by atoms with E-state index in [1.807, 2.05) is 44.2 Å². The van der Waals surface area contributed by atoms with Gasteiger partial charge in [0.05, 0.1) is 18.8 Å². The van der Waals surface area contributed by atoms with E-state index in [4.69, 9.17) is 4.74 Å². The lowest BCUT2D eigenvalue weighted by Gasteiger charge is -2.25. The molecule has 0 aromatic heterocycles. The van der Waals surface area contributed by atoms with Gasteiger partial charge in [-0.2, -0.15) is 0 Å². The number of nitrogens with one attached hydrogen (secondary N) is 2. The number of fused-ring (bicyclic) bond motifs is 1. The van der Waals surface area contributed by atoms with Gasteiger partial charge in [0.25, 0.3) is 0 Å². The summed E-state index contributed by atoms with van der Waals surface area (Å²) in [5, 5.41) is 6.37. The van der Waals surface area contributed by atoms with Gasteiger partial charge < -0.3 is 15.4 Å². The van der Waals surface area contributed by atoms with Gasteiger partial charge >= 0.3 is 0 Å². The highest BCUT2D eigenvalue weighted by atomic mass is 16.5. The predicted molar refractivity (Wildman–Crippen MR) is 99.0 cm³/mol. The summed E-state index contributed by atoms with van der Waals surface area (Å²) in [6.07, 6.45) is 0.952. The van der Waals surface area contributed by atoms with Gasteiger partial charge in [0.2, 0.25) is 5.91 Å². The Morgan fingerprint density at radius 3 is 2.72 bits per heavy atom. The molecular weight excluding hydrogens is 312 g/mol. The average molecular weight is 338 g/mol. The van der Waals surface area contributed by atoms with E-state index in [1.165, 1.54) is 11.1 Å². The Morgan fingerprint density at radius 2 is 1.92 bits per heavy atom. The van der Waals surface area contributed by atoms with Gasteiger partial charge in [0.15, 0.2) is 0 Å². The zero-order chi connectivity index (χ0) is 17.6. The SMILES string of the molecule is CC(C)OCc1cccc(CNC(=O)C2Cc3ccccc3CN2)c1. The third-order valence-electron chi connectivity index (χ3n) is 4.44. The van der Waals surface area contributed by atoms with E-state index < -0.39 is 0 Å². The second-order valence-corrected chi connectivity index (χ2v) is 6.80. The number of carbonyl (C=O) groups excluding carboxylic acids is 1. The summed E-state index contributed by atoms with van der Waals surface area (Å²) in [7, 11) is 0. The van der Waals surface area contributed by atoms with Gasteiger partial charge in [0.1, 0.15) is 0 Å². The maximum Gasteiger partial charge on any atom is 0.237 e. The fourth-order valence-electron chi connectivity index (χ4n) is 3.04. The van der Waals surface area contributed by atoms with Crippen molar-refractivity contribution in [2.24, 2.45) is 0 Å². The maximum atomic E-state index is 12.5. The molecule has 1 aliphatic heterocycles. The third kappa shape index (κ3) is 4.91. The van der Waals surface area contributed by atoms with Crippen molar-refractivity contribution >= 4 is 5.91 Å². The lowest BCUT2D eigenvalue weighted by molar-refractivity contribution is -0.123. The first kappa shape index (κ1) is 17.6. The molecule has 4 heteroatoms. The minimum Gasteiger partial charge on any atom is -0.374 e. The van der Waals surface area contributed by atoms with Crippen LogP contribution in [0.15, 0.2) is 48.5 Å². The van der Waals surface area contributed by atoms with Gasteiger partial charge in [-0.1, -0.05) is 48.5 Å². The number of rotatable bonds is 6. The fourth-order valence-corrected chi connectivity index (χ4v) is 3.04. The molecule has 1 amide bonds. The highest BCUT2D eigenvalue weighted by Gasteiger charge is 2.23. The molecule has 0 bridgehead atoms. The summed E-state index contributed by atoms with van der Waals surface area (Å²) in [4.78, 5) is 12.5. The van der Waals surface area contributed by atoms with Crippen LogP contribution in [0.2, 0.25) is 0 Å². The van der Waals surface area contributed by atoms with Crippen LogP contribution < -0.4 is 10.6 Å². The van der Waals surface area contributed by atoms with Crippen LogP contribution in [0, 0.1) is 0 Å². The second-order valence-electron chi connectivity index (χ2n) is 6.80. The van der Waals surface area contributed by atoms with Crippen molar-refractivity contribution in [2.45, 2.75) is 52.1 Å². The molecule has 2 aromatic rings. The monoisotopic (exact) mass is 338 g/mol. The van der Waals surface area contributed by atoms with E-state index in [-0.39, 0.29) is 18.1 Å². The van der Waals surface area contributed by atoms with Crippen molar-refractivity contribution in [3.8, 4) is 0 Å². The first-order valence-corrected chi connectivity index (χ1v) is 8.89. The van der Waals surface area contributed by atoms with Gasteiger partial charge in [-0.05, 0) is 42.5 Å². The highest BCUT2D eigenvalue weighted by Crippen LogP contribution is 2.16. The van der Waals surface area contributed by atoms with Crippen LogP contribution in [0.3, 0.4) is 0 Å². The van der Waals surface area contributed by atoms with Crippen LogP contribution >= 0.6 is 0 Å². The van der Waals surface area contributed by atoms with Crippen molar-refractivity contribution in [3.63, 3.8) is 0 Å². The Bertz CT molecular complexity index is 727. The summed E-state index contributed by atoms with van der Waals surface area (Å²) in [6.45, 7) is 5.93. The van der Waals surface area contributed by atoms with Crippen molar-refractivity contribution < 1.29 is 9.53 Å². The quantitative estimate of drug-likeness (QED) is 0.851. The molecule has 2 N–H and O–H groups in total. The van der Waals surface area contributed by atoms with Crippen molar-refractivity contribution in [1.82, 2.24) is 10.6 Å². The molecule has 0 aliphatic carbocycles. The van der Waals surface area contributed by atoms with Crippen molar-refractivity contribution in [3.05, 3.63) is 70.8 Å². The predicted octanol–water partition coefficient (Wildman–Crippen LogP) is 2.94. The van der Waals surface area contributed by atoms with Crippen LogP contribution in [0.4, 0.5) is 0 Å². The zero-order valence-corrected chi connectivity index (χ0v) is 14.9. The number of benzene rings is 2. The average Bonchev–Trinajstić information content (AvgIpc) is 2.64. The smallest absolute Gasteiger partial charge is 0.237 e. The Balaban J connectivity index is 1.53. The Kier molecular flexibility index (Phi) is 5.84. The number of carbonyl (C=O) groups is 1. The summed E-state index contributed by atoms with van der Waals surface area (Å²) in [5.74, 6) is 0.0540. The van der Waals surface area contributed by atoms with Crippen LogP contribution in [0.25, 0.3) is 0 Å². The molecule has 1 atom stereocenters. The molecule has 0 saturated heterocycles. The van der Waals surface area contributed by atoms with Gasteiger partial charge in [-0.15, -0.1) is 0 Å². The highest BCUT2D eigenvalue weighted by molar-refractivity contribution is 5.82. The van der Waals surface area contributed by atoms with Gasteiger partial charge in [0, 0.05) is 13.1 Å². The summed E-state index contributed by atoms with van der Waals surface area (Å²) in [6, 6.07) is 16.3. The number of hydrogen-bond acceptors (Lipinski definition) is 3. The van der Waals surface area contributed by atoms with Crippen LogP contribution in [0.1, 0.15) is 36.1 Å². The normalized spacial score (nSPS) is 16.5. The van der Waals surface area contributed by atoms with E-state index in [9.17, 15) is 4.79 Å². The van der Waals surface area contributed by atoms with Crippen molar-refractivity contribution in [1.29, 1.82) is 0 Å². The largest absolute Gasteiger partial charge is 0.374 e. The third-order valence-corrected chi connectivity index (χ3v) is 4.44. The Morgan fingerprint density at radius 1 is 1.16 bits per heavy atom. The van der Waals surface area contributed by atoms with Crippen LogP contribution in [-0.2, 0) is 35.6 Å². The fraction of sp³-hybridized carbons (Fsp3) is 0.381. The molecule has 1 unspecified atom stereocenters. The molecule has 0 saturated carbocycles. The molecule has 1 aliphatic rings. The lowest BCUT2D eigenvalue weighted by atomic mass is 9.95. The Hall–Kier alpha value is -2.17. The van der Waals surface area contributed by atoms with Crippen LogP contribution in [-0.4, -0.2) is 18.1 Å². The standard InChI is InChI=1S/C21H26N2O2/c1-15(2)25-14-17-7-5-6-16(10-17)12-23-21(24)20-11-18-8-3-4-9-19(18)13-22-20/h3-10,15,20,22H,11-14H2,1-2H3,(H,23,24). The van der Waals surface area contributed by atoms with E-state index in [0.717, 1.165) is 24.1 Å². The molecule has 0 spiro atoms. The van der Waals surface area contributed by atoms with Gasteiger partial charge in [-0.3, -0.25) is 4.79 Å².